The highest BCUT2D eigenvalue weighted by molar-refractivity contribution is 6.18. The van der Waals surface area contributed by atoms with Crippen molar-refractivity contribution in [3.63, 3.8) is 0 Å². The Labute approximate surface area is 107 Å². The highest BCUT2D eigenvalue weighted by Gasteiger charge is 2.24. The van der Waals surface area contributed by atoms with Crippen molar-refractivity contribution in [3.8, 4) is 0 Å². The average molecular weight is 256 g/mol. The number of amides is 1. The summed E-state index contributed by atoms with van der Waals surface area (Å²) in [5.41, 5.74) is 0.586. The first-order valence-electron chi connectivity index (χ1n) is 6.17. The van der Waals surface area contributed by atoms with Crippen molar-refractivity contribution >= 4 is 17.5 Å². The Morgan fingerprint density at radius 3 is 2.82 bits per heavy atom. The predicted molar refractivity (Wildman–Crippen MR) is 67.2 cm³/mol. The summed E-state index contributed by atoms with van der Waals surface area (Å²) < 4.78 is 4.89. The molecule has 1 heterocycles. The number of furan rings is 1. The molecule has 17 heavy (non-hydrogen) atoms. The highest BCUT2D eigenvalue weighted by atomic mass is 35.5. The topological polar surface area (TPSA) is 42.2 Å². The third kappa shape index (κ3) is 3.25. The van der Waals surface area contributed by atoms with E-state index < -0.39 is 0 Å². The molecule has 1 aromatic rings. The summed E-state index contributed by atoms with van der Waals surface area (Å²) in [7, 11) is 0. The Hall–Kier alpha value is -0.960. The van der Waals surface area contributed by atoms with Gasteiger partial charge in [-0.05, 0) is 30.7 Å². The normalized spacial score (nSPS) is 24.5. The lowest BCUT2D eigenvalue weighted by Crippen LogP contribution is -2.34. The number of alkyl halides is 1. The second-order valence-corrected chi connectivity index (χ2v) is 4.99. The van der Waals surface area contributed by atoms with Gasteiger partial charge in [-0.15, -0.1) is 11.6 Å². The van der Waals surface area contributed by atoms with Gasteiger partial charge in [0, 0.05) is 12.4 Å². The molecular formula is C13H18ClNO2. The van der Waals surface area contributed by atoms with Gasteiger partial charge >= 0.3 is 0 Å². The molecule has 1 aromatic heterocycles. The molecule has 4 heteroatoms. The summed E-state index contributed by atoms with van der Waals surface area (Å²) in [5.74, 6) is 1.72. The van der Waals surface area contributed by atoms with Gasteiger partial charge in [0.2, 0.25) is 0 Å². The van der Waals surface area contributed by atoms with E-state index in [-0.39, 0.29) is 5.91 Å². The quantitative estimate of drug-likeness (QED) is 0.841. The van der Waals surface area contributed by atoms with E-state index in [0.29, 0.717) is 23.3 Å². The van der Waals surface area contributed by atoms with Gasteiger partial charge in [0.1, 0.15) is 6.26 Å². The largest absolute Gasteiger partial charge is 0.472 e. The third-order valence-corrected chi connectivity index (χ3v) is 3.97. The molecular weight excluding hydrogens is 238 g/mol. The predicted octanol–water partition coefficient (Wildman–Crippen LogP) is 3.05. The van der Waals surface area contributed by atoms with Crippen molar-refractivity contribution in [2.45, 2.75) is 25.7 Å². The zero-order valence-corrected chi connectivity index (χ0v) is 10.6. The van der Waals surface area contributed by atoms with Crippen LogP contribution in [0.5, 0.6) is 0 Å². The first kappa shape index (κ1) is 12.5. The number of hydrogen-bond acceptors (Lipinski definition) is 2. The molecule has 0 spiro atoms. The molecule has 0 saturated heterocycles. The fraction of sp³-hybridized carbons (Fsp3) is 0.615. The molecule has 94 valence electrons. The van der Waals surface area contributed by atoms with Crippen LogP contribution in [-0.2, 0) is 0 Å². The maximum Gasteiger partial charge on any atom is 0.254 e. The molecule has 2 unspecified atom stereocenters. The van der Waals surface area contributed by atoms with E-state index in [1.807, 2.05) is 0 Å². The maximum absolute atomic E-state index is 11.7. The van der Waals surface area contributed by atoms with E-state index in [2.05, 4.69) is 5.32 Å². The van der Waals surface area contributed by atoms with E-state index in [1.165, 1.54) is 38.2 Å². The first-order chi connectivity index (χ1) is 8.31. The average Bonchev–Trinajstić information content (AvgIpc) is 2.90. The monoisotopic (exact) mass is 255 g/mol. The lowest BCUT2D eigenvalue weighted by molar-refractivity contribution is 0.0936. The van der Waals surface area contributed by atoms with Gasteiger partial charge < -0.3 is 9.73 Å². The van der Waals surface area contributed by atoms with Crippen molar-refractivity contribution < 1.29 is 9.21 Å². The van der Waals surface area contributed by atoms with Crippen LogP contribution in [0.25, 0.3) is 0 Å². The highest BCUT2D eigenvalue weighted by Crippen LogP contribution is 2.30. The van der Waals surface area contributed by atoms with Crippen LogP contribution < -0.4 is 5.32 Å². The van der Waals surface area contributed by atoms with Crippen LogP contribution in [-0.4, -0.2) is 18.3 Å². The number of nitrogens with one attached hydrogen (secondary N) is 1. The Kier molecular flexibility index (Phi) is 4.49. The number of carbonyl (C=O) groups excluding carboxylic acids is 1. The fourth-order valence-corrected chi connectivity index (χ4v) is 2.88. The SMILES string of the molecule is O=C(NCC1CCCCC1CCl)c1ccoc1. The van der Waals surface area contributed by atoms with Crippen molar-refractivity contribution in [1.82, 2.24) is 5.32 Å². The van der Waals surface area contributed by atoms with Gasteiger partial charge in [0.25, 0.3) is 5.91 Å². The smallest absolute Gasteiger partial charge is 0.254 e. The van der Waals surface area contributed by atoms with Crippen molar-refractivity contribution in [3.05, 3.63) is 24.2 Å². The van der Waals surface area contributed by atoms with Crippen LogP contribution in [0.4, 0.5) is 0 Å². The van der Waals surface area contributed by atoms with Gasteiger partial charge in [0.05, 0.1) is 11.8 Å². The Balaban J connectivity index is 1.82. The number of halogens is 1. The van der Waals surface area contributed by atoms with E-state index in [4.69, 9.17) is 16.0 Å². The molecule has 2 rings (SSSR count). The minimum Gasteiger partial charge on any atom is -0.472 e. The first-order valence-corrected chi connectivity index (χ1v) is 6.71. The van der Waals surface area contributed by atoms with Crippen molar-refractivity contribution in [2.24, 2.45) is 11.8 Å². The van der Waals surface area contributed by atoms with Crippen LogP contribution in [0.15, 0.2) is 23.0 Å². The lowest BCUT2D eigenvalue weighted by Gasteiger charge is -2.30. The zero-order valence-electron chi connectivity index (χ0n) is 9.82. The number of carbonyl (C=O) groups is 1. The Morgan fingerprint density at radius 2 is 2.18 bits per heavy atom. The Morgan fingerprint density at radius 1 is 1.41 bits per heavy atom. The summed E-state index contributed by atoms with van der Waals surface area (Å²) in [5, 5.41) is 2.96. The van der Waals surface area contributed by atoms with E-state index in [0.717, 1.165) is 6.54 Å². The standard InChI is InChI=1S/C13H18ClNO2/c14-7-10-3-1-2-4-11(10)8-15-13(16)12-5-6-17-9-12/h5-6,9-11H,1-4,7-8H2,(H,15,16). The number of hydrogen-bond donors (Lipinski definition) is 1. The van der Waals surface area contributed by atoms with Crippen LogP contribution in [0, 0.1) is 11.8 Å². The fourth-order valence-electron chi connectivity index (χ4n) is 2.48. The molecule has 1 amide bonds. The molecule has 0 aromatic carbocycles. The Bertz CT molecular complexity index is 350. The van der Waals surface area contributed by atoms with Gasteiger partial charge in [-0.25, -0.2) is 0 Å². The van der Waals surface area contributed by atoms with Crippen LogP contribution in [0.3, 0.4) is 0 Å². The molecule has 1 saturated carbocycles. The minimum absolute atomic E-state index is 0.0577. The van der Waals surface area contributed by atoms with Crippen molar-refractivity contribution in [1.29, 1.82) is 0 Å². The van der Waals surface area contributed by atoms with Crippen LogP contribution in [0.2, 0.25) is 0 Å². The molecule has 1 aliphatic rings. The summed E-state index contributed by atoms with van der Waals surface area (Å²) in [4.78, 5) is 11.7. The van der Waals surface area contributed by atoms with Gasteiger partial charge in [0.15, 0.2) is 0 Å². The lowest BCUT2D eigenvalue weighted by atomic mass is 9.80. The summed E-state index contributed by atoms with van der Waals surface area (Å²) in [6, 6.07) is 1.68. The maximum atomic E-state index is 11.7. The molecule has 1 fully saturated rings. The van der Waals surface area contributed by atoms with Gasteiger partial charge in [-0.2, -0.15) is 0 Å². The third-order valence-electron chi connectivity index (χ3n) is 3.57. The molecule has 1 aliphatic carbocycles. The van der Waals surface area contributed by atoms with Crippen molar-refractivity contribution in [2.75, 3.05) is 12.4 Å². The summed E-state index contributed by atoms with van der Waals surface area (Å²) in [6.45, 7) is 0.724. The van der Waals surface area contributed by atoms with E-state index in [9.17, 15) is 4.79 Å². The number of rotatable bonds is 4. The van der Waals surface area contributed by atoms with Crippen LogP contribution in [0.1, 0.15) is 36.0 Å². The molecule has 0 aliphatic heterocycles. The molecule has 0 bridgehead atoms. The molecule has 2 atom stereocenters. The van der Waals surface area contributed by atoms with E-state index in [1.54, 1.807) is 6.07 Å². The van der Waals surface area contributed by atoms with Gasteiger partial charge in [-0.3, -0.25) is 4.79 Å². The second-order valence-electron chi connectivity index (χ2n) is 4.68. The molecule has 0 radical (unpaired) electrons. The molecule has 3 nitrogen and oxygen atoms in total. The second kappa shape index (κ2) is 6.10. The zero-order chi connectivity index (χ0) is 12.1. The van der Waals surface area contributed by atoms with Crippen LogP contribution >= 0.6 is 11.6 Å². The molecule has 1 N–H and O–H groups in total. The summed E-state index contributed by atoms with van der Waals surface area (Å²) >= 11 is 5.96. The van der Waals surface area contributed by atoms with Gasteiger partial charge in [-0.1, -0.05) is 12.8 Å². The minimum atomic E-state index is -0.0577. The van der Waals surface area contributed by atoms with E-state index >= 15 is 0 Å². The summed E-state index contributed by atoms with van der Waals surface area (Å²) in [6.07, 6.45) is 7.86.